The predicted molar refractivity (Wildman–Crippen MR) is 119 cm³/mol. The molecule has 162 valence electrons. The van der Waals surface area contributed by atoms with Crippen LogP contribution in [-0.4, -0.2) is 17.8 Å². The summed E-state index contributed by atoms with van der Waals surface area (Å²) in [5.74, 6) is -1.12. The first-order chi connectivity index (χ1) is 15.4. The highest BCUT2D eigenvalue weighted by Gasteiger charge is 2.08. The molecule has 0 heterocycles. The van der Waals surface area contributed by atoms with E-state index in [9.17, 15) is 18.8 Å². The lowest BCUT2D eigenvalue weighted by Gasteiger charge is -2.08. The molecule has 0 unspecified atom stereocenters. The van der Waals surface area contributed by atoms with Crippen molar-refractivity contribution in [3.8, 4) is 5.75 Å². The molecule has 0 spiro atoms. The molecule has 0 aliphatic rings. The van der Waals surface area contributed by atoms with Gasteiger partial charge >= 0.3 is 5.97 Å². The fourth-order valence-corrected chi connectivity index (χ4v) is 2.77. The molecule has 2 amide bonds. The SMILES string of the molecule is CC(=O)Oc1cccc(C(=O)Nc2ccc(CNC(=O)/C=C/c3ccc(F)cc3)cc2)c1. The van der Waals surface area contributed by atoms with E-state index in [0.717, 1.165) is 11.1 Å². The van der Waals surface area contributed by atoms with Crippen LogP contribution in [0.5, 0.6) is 5.75 Å². The number of esters is 1. The van der Waals surface area contributed by atoms with E-state index < -0.39 is 5.97 Å². The molecule has 3 aromatic rings. The van der Waals surface area contributed by atoms with Crippen molar-refractivity contribution in [1.82, 2.24) is 5.32 Å². The predicted octanol–water partition coefficient (Wildman–Crippen LogP) is 4.33. The normalized spacial score (nSPS) is 10.6. The summed E-state index contributed by atoms with van der Waals surface area (Å²) in [5, 5.41) is 5.53. The lowest BCUT2D eigenvalue weighted by Crippen LogP contribution is -2.20. The molecule has 0 aromatic heterocycles. The summed E-state index contributed by atoms with van der Waals surface area (Å²) < 4.78 is 17.9. The average molecular weight is 432 g/mol. The van der Waals surface area contributed by atoms with Crippen molar-refractivity contribution in [1.29, 1.82) is 0 Å². The largest absolute Gasteiger partial charge is 0.427 e. The number of anilines is 1. The second kappa shape index (κ2) is 10.7. The molecular weight excluding hydrogens is 411 g/mol. The summed E-state index contributed by atoms with van der Waals surface area (Å²) >= 11 is 0. The van der Waals surface area contributed by atoms with Crippen LogP contribution in [0.15, 0.2) is 78.9 Å². The summed E-state index contributed by atoms with van der Waals surface area (Å²) in [7, 11) is 0. The van der Waals surface area contributed by atoms with E-state index in [1.165, 1.54) is 31.2 Å². The molecule has 0 fully saturated rings. The van der Waals surface area contributed by atoms with Gasteiger partial charge in [0.1, 0.15) is 11.6 Å². The van der Waals surface area contributed by atoms with Gasteiger partial charge in [-0.1, -0.05) is 30.3 Å². The number of halogens is 1. The lowest BCUT2D eigenvalue weighted by molar-refractivity contribution is -0.131. The second-order valence-corrected chi connectivity index (χ2v) is 6.88. The molecule has 0 aliphatic carbocycles. The van der Waals surface area contributed by atoms with E-state index in [2.05, 4.69) is 10.6 Å². The second-order valence-electron chi connectivity index (χ2n) is 6.88. The number of nitrogens with one attached hydrogen (secondary N) is 2. The minimum Gasteiger partial charge on any atom is -0.427 e. The number of carbonyl (C=O) groups excluding carboxylic acids is 3. The third-order valence-electron chi connectivity index (χ3n) is 4.33. The lowest BCUT2D eigenvalue weighted by atomic mass is 10.1. The highest BCUT2D eigenvalue weighted by molar-refractivity contribution is 6.04. The molecular formula is C25H21FN2O4. The van der Waals surface area contributed by atoms with E-state index in [-0.39, 0.29) is 17.6 Å². The van der Waals surface area contributed by atoms with Crippen molar-refractivity contribution in [2.75, 3.05) is 5.32 Å². The number of hydrogen-bond acceptors (Lipinski definition) is 4. The summed E-state index contributed by atoms with van der Waals surface area (Å²) in [4.78, 5) is 35.4. The Morgan fingerprint density at radius 1 is 0.969 bits per heavy atom. The van der Waals surface area contributed by atoms with E-state index >= 15 is 0 Å². The Morgan fingerprint density at radius 3 is 2.38 bits per heavy atom. The van der Waals surface area contributed by atoms with Crippen LogP contribution < -0.4 is 15.4 Å². The number of ether oxygens (including phenoxy) is 1. The molecule has 7 heteroatoms. The molecule has 2 N–H and O–H groups in total. The molecule has 0 radical (unpaired) electrons. The molecule has 3 aromatic carbocycles. The van der Waals surface area contributed by atoms with Crippen LogP contribution in [-0.2, 0) is 16.1 Å². The Bertz CT molecular complexity index is 1140. The Balaban J connectivity index is 1.51. The Hall–Kier alpha value is -4.26. The first-order valence-electron chi connectivity index (χ1n) is 9.79. The Kier molecular flexibility index (Phi) is 7.48. The zero-order valence-corrected chi connectivity index (χ0v) is 17.3. The van der Waals surface area contributed by atoms with Gasteiger partial charge in [-0.3, -0.25) is 14.4 Å². The number of rotatable bonds is 7. The monoisotopic (exact) mass is 432 g/mol. The number of amides is 2. The van der Waals surface area contributed by atoms with Crippen LogP contribution >= 0.6 is 0 Å². The number of hydrogen-bond donors (Lipinski definition) is 2. The summed E-state index contributed by atoms with van der Waals surface area (Å²) in [6.45, 7) is 1.60. The third kappa shape index (κ3) is 6.91. The van der Waals surface area contributed by atoms with Crippen molar-refractivity contribution in [2.45, 2.75) is 13.5 Å². The van der Waals surface area contributed by atoms with Crippen molar-refractivity contribution in [2.24, 2.45) is 0 Å². The van der Waals surface area contributed by atoms with Gasteiger partial charge in [-0.05, 0) is 59.7 Å². The average Bonchev–Trinajstić information content (AvgIpc) is 2.78. The zero-order valence-electron chi connectivity index (χ0n) is 17.3. The van der Waals surface area contributed by atoms with E-state index in [0.29, 0.717) is 23.5 Å². The third-order valence-corrected chi connectivity index (χ3v) is 4.33. The Morgan fingerprint density at radius 2 is 1.69 bits per heavy atom. The van der Waals surface area contributed by atoms with Gasteiger partial charge in [0.25, 0.3) is 5.91 Å². The van der Waals surface area contributed by atoms with Gasteiger partial charge in [-0.25, -0.2) is 4.39 Å². The van der Waals surface area contributed by atoms with Gasteiger partial charge in [0.05, 0.1) is 0 Å². The van der Waals surface area contributed by atoms with Crippen molar-refractivity contribution in [3.63, 3.8) is 0 Å². The van der Waals surface area contributed by atoms with Crippen molar-refractivity contribution < 1.29 is 23.5 Å². The first-order valence-corrected chi connectivity index (χ1v) is 9.79. The van der Waals surface area contributed by atoms with Gasteiger partial charge < -0.3 is 15.4 Å². The van der Waals surface area contributed by atoms with Crippen LogP contribution in [0.3, 0.4) is 0 Å². The van der Waals surface area contributed by atoms with Crippen LogP contribution in [0.25, 0.3) is 6.08 Å². The van der Waals surface area contributed by atoms with Gasteiger partial charge in [-0.15, -0.1) is 0 Å². The summed E-state index contributed by atoms with van der Waals surface area (Å²) in [6, 6.07) is 19.2. The number of carbonyl (C=O) groups is 3. The molecule has 0 saturated heterocycles. The van der Waals surface area contributed by atoms with Gasteiger partial charge in [0, 0.05) is 30.8 Å². The zero-order chi connectivity index (χ0) is 22.9. The van der Waals surface area contributed by atoms with Crippen LogP contribution in [0.2, 0.25) is 0 Å². The first kappa shape index (κ1) is 22.4. The van der Waals surface area contributed by atoms with E-state index in [1.807, 2.05) is 0 Å². The number of benzene rings is 3. The minimum atomic E-state index is -0.462. The minimum absolute atomic E-state index is 0.278. The van der Waals surface area contributed by atoms with Gasteiger partial charge in [-0.2, -0.15) is 0 Å². The summed E-state index contributed by atoms with van der Waals surface area (Å²) in [6.07, 6.45) is 2.98. The quantitative estimate of drug-likeness (QED) is 0.331. The smallest absolute Gasteiger partial charge is 0.308 e. The summed E-state index contributed by atoms with van der Waals surface area (Å²) in [5.41, 5.74) is 2.51. The fraction of sp³-hybridized carbons (Fsp3) is 0.0800. The van der Waals surface area contributed by atoms with Crippen molar-refractivity contribution in [3.05, 3.63) is 101 Å². The topological polar surface area (TPSA) is 84.5 Å². The molecule has 6 nitrogen and oxygen atoms in total. The molecule has 0 aliphatic heterocycles. The Labute approximate surface area is 184 Å². The maximum absolute atomic E-state index is 12.9. The maximum atomic E-state index is 12.9. The maximum Gasteiger partial charge on any atom is 0.308 e. The highest BCUT2D eigenvalue weighted by Crippen LogP contribution is 2.16. The standard InChI is InChI=1S/C25H21FN2O4/c1-17(29)32-23-4-2-3-20(15-23)25(31)28-22-12-7-19(8-13-22)16-27-24(30)14-9-18-5-10-21(26)11-6-18/h2-15H,16H2,1H3,(H,27,30)(H,28,31)/b14-9+. The van der Waals surface area contributed by atoms with E-state index in [1.54, 1.807) is 60.7 Å². The van der Waals surface area contributed by atoms with E-state index in [4.69, 9.17) is 4.74 Å². The molecule has 32 heavy (non-hydrogen) atoms. The molecule has 0 bridgehead atoms. The fourth-order valence-electron chi connectivity index (χ4n) is 2.77. The van der Waals surface area contributed by atoms with Crippen LogP contribution in [0.4, 0.5) is 10.1 Å². The van der Waals surface area contributed by atoms with Crippen molar-refractivity contribution >= 4 is 29.5 Å². The molecule has 0 atom stereocenters. The van der Waals surface area contributed by atoms with Crippen LogP contribution in [0, 0.1) is 5.82 Å². The van der Waals surface area contributed by atoms with Crippen LogP contribution in [0.1, 0.15) is 28.4 Å². The van der Waals surface area contributed by atoms with Gasteiger partial charge in [0.15, 0.2) is 0 Å². The molecule has 0 saturated carbocycles. The highest BCUT2D eigenvalue weighted by atomic mass is 19.1. The van der Waals surface area contributed by atoms with Gasteiger partial charge in [0.2, 0.25) is 5.91 Å². The molecule has 3 rings (SSSR count).